The molecule has 5 nitrogen and oxygen atoms in total. The van der Waals surface area contributed by atoms with E-state index in [0.29, 0.717) is 29.9 Å². The zero-order valence-electron chi connectivity index (χ0n) is 12.7. The number of rotatable bonds is 4. The summed E-state index contributed by atoms with van der Waals surface area (Å²) in [5.41, 5.74) is 1.09. The zero-order valence-corrected chi connectivity index (χ0v) is 13.6. The summed E-state index contributed by atoms with van der Waals surface area (Å²) in [4.78, 5) is 12.4. The number of halogens is 1. The van der Waals surface area contributed by atoms with Crippen molar-refractivity contribution in [2.45, 2.75) is 18.1 Å². The van der Waals surface area contributed by atoms with Crippen molar-refractivity contribution in [3.63, 3.8) is 0 Å². The van der Waals surface area contributed by atoms with Crippen molar-refractivity contribution in [1.29, 1.82) is 0 Å². The molecule has 1 amide bonds. The Balaban J connectivity index is 1.73. The minimum Gasteiger partial charge on any atom is -0.493 e. The molecule has 3 rings (SSSR count). The lowest BCUT2D eigenvalue weighted by Gasteiger charge is -2.24. The maximum Gasteiger partial charge on any atom is 0.241 e. The van der Waals surface area contributed by atoms with Crippen LogP contribution in [0.25, 0.3) is 0 Å². The predicted octanol–water partition coefficient (Wildman–Crippen LogP) is 2.34. The minimum atomic E-state index is -3.86. The van der Waals surface area contributed by atoms with Gasteiger partial charge >= 0.3 is 0 Å². The SMILES string of the molecule is O=C(NS(=O)(=O)Cc1ccc(F)cc1)[C@H]1CCOc2ccccc21. The Morgan fingerprint density at radius 3 is 2.62 bits per heavy atom. The molecule has 0 spiro atoms. The highest BCUT2D eigenvalue weighted by Gasteiger charge is 2.30. The van der Waals surface area contributed by atoms with Gasteiger partial charge in [0.15, 0.2) is 0 Å². The number of fused-ring (bicyclic) bond motifs is 1. The van der Waals surface area contributed by atoms with Crippen LogP contribution in [0.3, 0.4) is 0 Å². The topological polar surface area (TPSA) is 72.5 Å². The third-order valence-corrected chi connectivity index (χ3v) is 5.03. The lowest BCUT2D eigenvalue weighted by molar-refractivity contribution is -0.121. The Kier molecular flexibility index (Phi) is 4.53. The van der Waals surface area contributed by atoms with Gasteiger partial charge in [0.25, 0.3) is 0 Å². The summed E-state index contributed by atoms with van der Waals surface area (Å²) < 4.78 is 44.9. The average molecular weight is 349 g/mol. The quantitative estimate of drug-likeness (QED) is 0.920. The summed E-state index contributed by atoms with van der Waals surface area (Å²) in [5, 5.41) is 0. The van der Waals surface area contributed by atoms with Gasteiger partial charge in [-0.15, -0.1) is 0 Å². The normalized spacial score (nSPS) is 16.8. The molecule has 1 N–H and O–H groups in total. The third-order valence-electron chi connectivity index (χ3n) is 3.80. The monoisotopic (exact) mass is 349 g/mol. The fraction of sp³-hybridized carbons (Fsp3) is 0.235. The molecule has 0 unspecified atom stereocenters. The molecule has 2 aromatic rings. The van der Waals surface area contributed by atoms with Crippen LogP contribution in [0, 0.1) is 5.82 Å². The largest absolute Gasteiger partial charge is 0.493 e. The van der Waals surface area contributed by atoms with Gasteiger partial charge < -0.3 is 4.74 Å². The van der Waals surface area contributed by atoms with E-state index in [-0.39, 0.29) is 5.75 Å². The number of benzene rings is 2. The van der Waals surface area contributed by atoms with E-state index >= 15 is 0 Å². The maximum atomic E-state index is 12.9. The molecule has 0 radical (unpaired) electrons. The van der Waals surface area contributed by atoms with Gasteiger partial charge in [-0.1, -0.05) is 30.3 Å². The number of nitrogens with one attached hydrogen (secondary N) is 1. The third kappa shape index (κ3) is 3.73. The molecule has 0 bridgehead atoms. The Hall–Kier alpha value is -2.41. The predicted molar refractivity (Wildman–Crippen MR) is 86.5 cm³/mol. The van der Waals surface area contributed by atoms with E-state index in [1.54, 1.807) is 24.3 Å². The lowest BCUT2D eigenvalue weighted by Crippen LogP contribution is -2.37. The Bertz CT molecular complexity index is 849. The molecule has 24 heavy (non-hydrogen) atoms. The fourth-order valence-electron chi connectivity index (χ4n) is 2.67. The first kappa shape index (κ1) is 16.4. The van der Waals surface area contributed by atoms with Gasteiger partial charge in [0, 0.05) is 5.56 Å². The number of amides is 1. The number of para-hydroxylation sites is 1. The summed E-state index contributed by atoms with van der Waals surface area (Å²) in [7, 11) is -3.86. The van der Waals surface area contributed by atoms with Crippen LogP contribution in [0.15, 0.2) is 48.5 Å². The van der Waals surface area contributed by atoms with Crippen molar-refractivity contribution in [2.75, 3.05) is 6.61 Å². The van der Waals surface area contributed by atoms with Crippen molar-refractivity contribution in [3.8, 4) is 5.75 Å². The van der Waals surface area contributed by atoms with Crippen LogP contribution in [-0.4, -0.2) is 20.9 Å². The summed E-state index contributed by atoms with van der Waals surface area (Å²) in [5.74, 6) is -1.38. The van der Waals surface area contributed by atoms with E-state index in [1.165, 1.54) is 24.3 Å². The standard InChI is InChI=1S/C17H16FNO4S/c18-13-7-5-12(6-8-13)11-24(21,22)19-17(20)15-9-10-23-16-4-2-1-3-14(15)16/h1-8,15H,9-11H2,(H,19,20)/t15-/m0/s1. The molecule has 0 saturated carbocycles. The molecule has 0 saturated heterocycles. The Morgan fingerprint density at radius 1 is 1.17 bits per heavy atom. The molecular formula is C17H16FNO4S. The number of sulfonamides is 1. The molecule has 1 heterocycles. The highest BCUT2D eigenvalue weighted by molar-refractivity contribution is 7.89. The van der Waals surface area contributed by atoms with E-state index in [9.17, 15) is 17.6 Å². The average Bonchev–Trinajstić information content (AvgIpc) is 2.55. The van der Waals surface area contributed by atoms with E-state index < -0.39 is 27.7 Å². The molecule has 0 fully saturated rings. The molecule has 1 aliphatic rings. The van der Waals surface area contributed by atoms with Crippen LogP contribution in [0.2, 0.25) is 0 Å². The highest BCUT2D eigenvalue weighted by atomic mass is 32.2. The molecular weight excluding hydrogens is 333 g/mol. The molecule has 0 aromatic heterocycles. The molecule has 0 aliphatic carbocycles. The summed E-state index contributed by atoms with van der Waals surface area (Å²) in [6.07, 6.45) is 0.412. The zero-order chi connectivity index (χ0) is 17.2. The smallest absolute Gasteiger partial charge is 0.241 e. The van der Waals surface area contributed by atoms with E-state index in [4.69, 9.17) is 4.74 Å². The van der Waals surface area contributed by atoms with Crippen molar-refractivity contribution < 1.29 is 22.3 Å². The number of hydrogen-bond acceptors (Lipinski definition) is 4. The maximum absolute atomic E-state index is 12.9. The van der Waals surface area contributed by atoms with Crippen LogP contribution in [-0.2, 0) is 20.6 Å². The van der Waals surface area contributed by atoms with Crippen molar-refractivity contribution in [1.82, 2.24) is 4.72 Å². The van der Waals surface area contributed by atoms with Crippen LogP contribution in [0.1, 0.15) is 23.5 Å². The van der Waals surface area contributed by atoms with E-state index in [0.717, 1.165) is 0 Å². The Labute approximate surface area is 139 Å². The second kappa shape index (κ2) is 6.60. The molecule has 1 aliphatic heterocycles. The van der Waals surface area contributed by atoms with Gasteiger partial charge in [0.1, 0.15) is 11.6 Å². The van der Waals surface area contributed by atoms with E-state index in [1.807, 2.05) is 0 Å². The van der Waals surface area contributed by atoms with Crippen LogP contribution < -0.4 is 9.46 Å². The lowest BCUT2D eigenvalue weighted by atomic mass is 9.93. The first-order valence-corrected chi connectivity index (χ1v) is 9.10. The van der Waals surface area contributed by atoms with Crippen molar-refractivity contribution >= 4 is 15.9 Å². The first-order chi connectivity index (χ1) is 11.4. The van der Waals surface area contributed by atoms with Crippen LogP contribution >= 0.6 is 0 Å². The molecule has 2 aromatic carbocycles. The molecule has 126 valence electrons. The van der Waals surface area contributed by atoms with E-state index in [2.05, 4.69) is 4.72 Å². The molecule has 1 atom stereocenters. The molecule has 7 heteroatoms. The van der Waals surface area contributed by atoms with Gasteiger partial charge in [-0.3, -0.25) is 9.52 Å². The van der Waals surface area contributed by atoms with Crippen LogP contribution in [0.5, 0.6) is 5.75 Å². The minimum absolute atomic E-state index is 0.354. The highest BCUT2D eigenvalue weighted by Crippen LogP contribution is 2.33. The second-order valence-corrected chi connectivity index (χ2v) is 7.30. The number of ether oxygens (including phenoxy) is 1. The van der Waals surface area contributed by atoms with Crippen molar-refractivity contribution in [3.05, 3.63) is 65.5 Å². The second-order valence-electron chi connectivity index (χ2n) is 5.58. The number of hydrogen-bond donors (Lipinski definition) is 1. The van der Waals surface area contributed by atoms with Gasteiger partial charge in [0.2, 0.25) is 15.9 Å². The van der Waals surface area contributed by atoms with Crippen LogP contribution in [0.4, 0.5) is 4.39 Å². The van der Waals surface area contributed by atoms with Gasteiger partial charge in [-0.05, 0) is 30.2 Å². The fourth-order valence-corrected chi connectivity index (χ4v) is 3.83. The summed E-state index contributed by atoms with van der Waals surface area (Å²) in [6.45, 7) is 0.354. The van der Waals surface area contributed by atoms with Gasteiger partial charge in [-0.25, -0.2) is 12.8 Å². The first-order valence-electron chi connectivity index (χ1n) is 7.45. The Morgan fingerprint density at radius 2 is 1.88 bits per heavy atom. The number of carbonyl (C=O) groups excluding carboxylic acids is 1. The van der Waals surface area contributed by atoms with Gasteiger partial charge in [-0.2, -0.15) is 0 Å². The number of carbonyl (C=O) groups is 1. The van der Waals surface area contributed by atoms with Gasteiger partial charge in [0.05, 0.1) is 18.3 Å². The summed E-state index contributed by atoms with van der Waals surface area (Å²) in [6, 6.07) is 12.2. The summed E-state index contributed by atoms with van der Waals surface area (Å²) >= 11 is 0. The van der Waals surface area contributed by atoms with Crippen molar-refractivity contribution in [2.24, 2.45) is 0 Å².